The van der Waals surface area contributed by atoms with Crippen LogP contribution in [0.25, 0.3) is 0 Å². The summed E-state index contributed by atoms with van der Waals surface area (Å²) in [6.07, 6.45) is 0.938. The highest BCUT2D eigenvalue weighted by Crippen LogP contribution is 2.34. The van der Waals surface area contributed by atoms with E-state index in [-0.39, 0.29) is 34.9 Å². The van der Waals surface area contributed by atoms with Gasteiger partial charge in [-0.05, 0) is 42.7 Å². The number of carbonyl (C=O) groups excluding carboxylic acids is 2. The maximum Gasteiger partial charge on any atom is 0.226 e. The van der Waals surface area contributed by atoms with Crippen LogP contribution in [0.4, 0.5) is 5.69 Å². The zero-order valence-electron chi connectivity index (χ0n) is 16.7. The minimum atomic E-state index is -3.58. The molecule has 29 heavy (non-hydrogen) atoms. The van der Waals surface area contributed by atoms with E-state index in [1.165, 1.54) is 6.07 Å². The molecule has 2 aromatic carbocycles. The summed E-state index contributed by atoms with van der Waals surface area (Å²) in [6.45, 7) is 4.14. The zero-order valence-corrected chi connectivity index (χ0v) is 17.5. The summed E-state index contributed by atoms with van der Waals surface area (Å²) in [6, 6.07) is 14.4. The number of amides is 2. The number of rotatable bonds is 7. The van der Waals surface area contributed by atoms with Gasteiger partial charge in [0, 0.05) is 31.1 Å². The van der Waals surface area contributed by atoms with Crippen molar-refractivity contribution in [2.24, 2.45) is 0 Å². The van der Waals surface area contributed by atoms with Gasteiger partial charge in [-0.2, -0.15) is 0 Å². The van der Waals surface area contributed by atoms with E-state index in [9.17, 15) is 18.0 Å². The maximum atomic E-state index is 12.7. The minimum absolute atomic E-state index is 0.0131. The molecule has 1 aliphatic rings. The van der Waals surface area contributed by atoms with Crippen molar-refractivity contribution in [3.8, 4) is 0 Å². The molecule has 1 atom stereocenters. The van der Waals surface area contributed by atoms with Gasteiger partial charge in [-0.3, -0.25) is 9.59 Å². The Morgan fingerprint density at radius 2 is 1.86 bits per heavy atom. The lowest BCUT2D eigenvalue weighted by Crippen LogP contribution is -2.35. The lowest BCUT2D eigenvalue weighted by Gasteiger charge is -2.22. The van der Waals surface area contributed by atoms with Gasteiger partial charge in [0.05, 0.1) is 10.6 Å². The fourth-order valence-electron chi connectivity index (χ4n) is 3.58. The molecule has 6 nitrogen and oxygen atoms in total. The van der Waals surface area contributed by atoms with Gasteiger partial charge in [-0.25, -0.2) is 8.42 Å². The molecule has 7 heteroatoms. The van der Waals surface area contributed by atoms with Gasteiger partial charge in [-0.1, -0.05) is 37.3 Å². The Hall–Kier alpha value is -2.67. The molecular weight excluding hydrogens is 388 g/mol. The Morgan fingerprint density at radius 1 is 1.14 bits per heavy atom. The van der Waals surface area contributed by atoms with E-state index < -0.39 is 9.84 Å². The van der Waals surface area contributed by atoms with Gasteiger partial charge in [0.2, 0.25) is 11.8 Å². The largest absolute Gasteiger partial charge is 0.352 e. The van der Waals surface area contributed by atoms with Crippen molar-refractivity contribution in [1.82, 2.24) is 5.32 Å². The summed E-state index contributed by atoms with van der Waals surface area (Å²) in [4.78, 5) is 26.2. The second-order valence-corrected chi connectivity index (χ2v) is 9.40. The number of anilines is 1. The summed E-state index contributed by atoms with van der Waals surface area (Å²) in [5, 5.41) is 2.75. The Bertz CT molecular complexity index is 1000. The smallest absolute Gasteiger partial charge is 0.226 e. The van der Waals surface area contributed by atoms with Crippen LogP contribution in [0.15, 0.2) is 53.4 Å². The van der Waals surface area contributed by atoms with Crippen LogP contribution in [0.3, 0.4) is 0 Å². The molecule has 2 amide bonds. The third-order valence-corrected chi connectivity index (χ3v) is 6.84. The highest BCUT2D eigenvalue weighted by molar-refractivity contribution is 7.91. The van der Waals surface area contributed by atoms with Crippen molar-refractivity contribution in [2.45, 2.75) is 50.6 Å². The quantitative estimate of drug-likeness (QED) is 0.755. The zero-order chi connectivity index (χ0) is 21.0. The molecule has 0 saturated carbocycles. The Balaban J connectivity index is 1.64. The van der Waals surface area contributed by atoms with E-state index in [0.717, 1.165) is 16.8 Å². The van der Waals surface area contributed by atoms with Crippen molar-refractivity contribution in [3.63, 3.8) is 0 Å². The highest BCUT2D eigenvalue weighted by Gasteiger charge is 2.31. The van der Waals surface area contributed by atoms with Crippen molar-refractivity contribution in [3.05, 3.63) is 59.7 Å². The summed E-state index contributed by atoms with van der Waals surface area (Å²) >= 11 is 0. The summed E-state index contributed by atoms with van der Waals surface area (Å²) in [5.74, 6) is -0.520. The normalized spacial score (nSPS) is 15.8. The predicted molar refractivity (Wildman–Crippen MR) is 112 cm³/mol. The monoisotopic (exact) mass is 414 g/mol. The third-order valence-electron chi connectivity index (χ3n) is 5.13. The first-order valence-corrected chi connectivity index (χ1v) is 11.5. The van der Waals surface area contributed by atoms with Gasteiger partial charge in [0.1, 0.15) is 0 Å². The van der Waals surface area contributed by atoms with Crippen molar-refractivity contribution in [2.75, 3.05) is 10.7 Å². The second kappa shape index (κ2) is 8.78. The molecule has 0 spiro atoms. The van der Waals surface area contributed by atoms with E-state index in [4.69, 9.17) is 0 Å². The van der Waals surface area contributed by atoms with Crippen molar-refractivity contribution in [1.29, 1.82) is 0 Å². The lowest BCUT2D eigenvalue weighted by molar-refractivity contribution is -0.121. The number of fused-ring (bicyclic) bond motifs is 1. The summed E-state index contributed by atoms with van der Waals surface area (Å²) < 4.78 is 25.4. The average Bonchev–Trinajstić information content (AvgIpc) is 3.06. The van der Waals surface area contributed by atoms with Crippen molar-refractivity contribution >= 4 is 27.3 Å². The number of benzene rings is 2. The van der Waals surface area contributed by atoms with Crippen LogP contribution in [0, 0.1) is 0 Å². The number of carbonyl (C=O) groups is 2. The van der Waals surface area contributed by atoms with Crippen LogP contribution in [0.1, 0.15) is 37.8 Å². The fourth-order valence-corrected chi connectivity index (χ4v) is 4.87. The van der Waals surface area contributed by atoms with Crippen LogP contribution in [-0.4, -0.2) is 32.0 Å². The van der Waals surface area contributed by atoms with E-state index in [0.29, 0.717) is 19.4 Å². The van der Waals surface area contributed by atoms with Gasteiger partial charge in [0.25, 0.3) is 0 Å². The molecule has 0 bridgehead atoms. The van der Waals surface area contributed by atoms with E-state index in [1.54, 1.807) is 17.0 Å². The maximum absolute atomic E-state index is 12.7. The third kappa shape index (κ3) is 4.85. The van der Waals surface area contributed by atoms with Crippen LogP contribution >= 0.6 is 0 Å². The predicted octanol–water partition coefficient (Wildman–Crippen LogP) is 2.85. The molecule has 0 unspecified atom stereocenters. The molecule has 0 radical (unpaired) electrons. The number of hydrogen-bond donors (Lipinski definition) is 1. The van der Waals surface area contributed by atoms with E-state index >= 15 is 0 Å². The molecule has 154 valence electrons. The van der Waals surface area contributed by atoms with E-state index in [1.807, 2.05) is 44.2 Å². The molecule has 3 rings (SSSR count). The van der Waals surface area contributed by atoms with Gasteiger partial charge < -0.3 is 10.2 Å². The fraction of sp³-hybridized carbons (Fsp3) is 0.364. The second-order valence-electron chi connectivity index (χ2n) is 7.29. The summed E-state index contributed by atoms with van der Waals surface area (Å²) in [5.41, 5.74) is 2.60. The molecular formula is C22H26N2O4S. The summed E-state index contributed by atoms with van der Waals surface area (Å²) in [7, 11) is -3.58. The molecule has 1 heterocycles. The van der Waals surface area contributed by atoms with Crippen molar-refractivity contribution < 1.29 is 18.0 Å². The number of sulfone groups is 1. The number of hydrogen-bond acceptors (Lipinski definition) is 4. The Morgan fingerprint density at radius 3 is 2.55 bits per heavy atom. The van der Waals surface area contributed by atoms with Gasteiger partial charge >= 0.3 is 0 Å². The Labute approximate surface area is 171 Å². The number of nitrogens with zero attached hydrogens (tertiary/aromatic N) is 1. The van der Waals surface area contributed by atoms with Crippen LogP contribution in [0.5, 0.6) is 0 Å². The first-order valence-electron chi connectivity index (χ1n) is 9.80. The molecule has 0 fully saturated rings. The van der Waals surface area contributed by atoms with Crippen LogP contribution in [0.2, 0.25) is 0 Å². The van der Waals surface area contributed by atoms with E-state index in [2.05, 4.69) is 5.32 Å². The van der Waals surface area contributed by atoms with Gasteiger partial charge in [0.15, 0.2) is 9.84 Å². The molecule has 1 N–H and O–H groups in total. The lowest BCUT2D eigenvalue weighted by atomic mass is 10.1. The first kappa shape index (κ1) is 21.0. The van der Waals surface area contributed by atoms with Crippen LogP contribution in [-0.2, 0) is 32.4 Å². The molecule has 2 aromatic rings. The molecule has 0 saturated heterocycles. The SMILES string of the molecule is CCC(=O)N1c2ccc(S(=O)(=O)CCC(=O)NCc3ccccc3)cc2C[C@H]1C. The minimum Gasteiger partial charge on any atom is -0.352 e. The molecule has 1 aliphatic heterocycles. The average molecular weight is 415 g/mol. The first-order chi connectivity index (χ1) is 13.8. The Kier molecular flexibility index (Phi) is 6.37. The standard InChI is InChI=1S/C22H26N2O4S/c1-3-22(26)24-16(2)13-18-14-19(9-10-20(18)24)29(27,28)12-11-21(25)23-15-17-7-5-4-6-8-17/h4-10,14,16H,3,11-13,15H2,1-2H3,(H,23,25)/t16-/m1/s1. The topological polar surface area (TPSA) is 83.6 Å². The number of nitrogens with one attached hydrogen (secondary N) is 1. The molecule has 0 aliphatic carbocycles. The van der Waals surface area contributed by atoms with Gasteiger partial charge in [-0.15, -0.1) is 0 Å². The van der Waals surface area contributed by atoms with Crippen LogP contribution < -0.4 is 10.2 Å². The highest BCUT2D eigenvalue weighted by atomic mass is 32.2. The molecule has 0 aromatic heterocycles.